The second-order valence-electron chi connectivity index (χ2n) is 4.99. The normalized spacial score (nSPS) is 14.3. The van der Waals surface area contributed by atoms with E-state index in [1.807, 2.05) is 36.2 Å². The minimum Gasteiger partial charge on any atom is -0.387 e. The molecule has 1 aromatic carbocycles. The van der Waals surface area contributed by atoms with Gasteiger partial charge in [0.15, 0.2) is 0 Å². The van der Waals surface area contributed by atoms with Gasteiger partial charge in [-0.25, -0.2) is 0 Å². The lowest BCUT2D eigenvalue weighted by atomic mass is 10.1. The van der Waals surface area contributed by atoms with E-state index in [9.17, 15) is 4.79 Å². The Labute approximate surface area is 109 Å². The number of benzene rings is 1. The molecule has 0 bridgehead atoms. The molecule has 18 heavy (non-hydrogen) atoms. The Balaban J connectivity index is 2.15. The number of hydrogen-bond acceptors (Lipinski definition) is 2. The first-order valence-electron chi connectivity index (χ1n) is 6.82. The van der Waals surface area contributed by atoms with Gasteiger partial charge in [0.05, 0.1) is 5.56 Å². The standard InChI is InChI=1S/C15H22N2O/c1-3-10-17(11-12-8-9-12)15(18)13-6-4-5-7-14(13)16-2/h4-7,12,16H,3,8-11H2,1-2H3. The maximum absolute atomic E-state index is 12.6. The molecule has 1 amide bonds. The maximum Gasteiger partial charge on any atom is 0.255 e. The zero-order chi connectivity index (χ0) is 13.0. The minimum atomic E-state index is 0.161. The van der Waals surface area contributed by atoms with E-state index in [-0.39, 0.29) is 5.91 Å². The van der Waals surface area contributed by atoms with Crippen molar-refractivity contribution in [2.45, 2.75) is 26.2 Å². The minimum absolute atomic E-state index is 0.161. The van der Waals surface area contributed by atoms with Crippen molar-refractivity contribution in [2.75, 3.05) is 25.5 Å². The van der Waals surface area contributed by atoms with Crippen molar-refractivity contribution in [1.29, 1.82) is 0 Å². The molecule has 98 valence electrons. The maximum atomic E-state index is 12.6. The van der Waals surface area contributed by atoms with Crippen LogP contribution in [0.4, 0.5) is 5.69 Å². The van der Waals surface area contributed by atoms with Crippen LogP contribution in [0.3, 0.4) is 0 Å². The molecule has 0 atom stereocenters. The first kappa shape index (κ1) is 12.9. The Morgan fingerprint density at radius 2 is 2.11 bits per heavy atom. The van der Waals surface area contributed by atoms with Gasteiger partial charge in [-0.3, -0.25) is 4.79 Å². The fraction of sp³-hybridized carbons (Fsp3) is 0.533. The molecule has 3 nitrogen and oxygen atoms in total. The summed E-state index contributed by atoms with van der Waals surface area (Å²) in [7, 11) is 1.86. The van der Waals surface area contributed by atoms with Gasteiger partial charge in [0, 0.05) is 25.8 Å². The van der Waals surface area contributed by atoms with E-state index in [2.05, 4.69) is 12.2 Å². The number of amides is 1. The van der Waals surface area contributed by atoms with E-state index in [1.54, 1.807) is 0 Å². The molecular formula is C15H22N2O. The first-order chi connectivity index (χ1) is 8.76. The van der Waals surface area contributed by atoms with Crippen LogP contribution in [-0.4, -0.2) is 30.9 Å². The highest BCUT2D eigenvalue weighted by atomic mass is 16.2. The zero-order valence-corrected chi connectivity index (χ0v) is 11.3. The van der Waals surface area contributed by atoms with Crippen LogP contribution in [0.15, 0.2) is 24.3 Å². The number of carbonyl (C=O) groups is 1. The number of hydrogen-bond donors (Lipinski definition) is 1. The third kappa shape index (κ3) is 3.03. The number of rotatable bonds is 6. The highest BCUT2D eigenvalue weighted by Crippen LogP contribution is 2.30. The van der Waals surface area contributed by atoms with Gasteiger partial charge in [-0.05, 0) is 37.3 Å². The summed E-state index contributed by atoms with van der Waals surface area (Å²) in [4.78, 5) is 14.6. The lowest BCUT2D eigenvalue weighted by Crippen LogP contribution is -2.34. The van der Waals surface area contributed by atoms with Crippen molar-refractivity contribution in [3.8, 4) is 0 Å². The van der Waals surface area contributed by atoms with Crippen molar-refractivity contribution in [3.63, 3.8) is 0 Å². The van der Waals surface area contributed by atoms with Crippen LogP contribution >= 0.6 is 0 Å². The molecule has 0 aromatic heterocycles. The van der Waals surface area contributed by atoms with Crippen LogP contribution in [0.2, 0.25) is 0 Å². The second kappa shape index (κ2) is 5.89. The van der Waals surface area contributed by atoms with Gasteiger partial charge in [-0.15, -0.1) is 0 Å². The van der Waals surface area contributed by atoms with Crippen LogP contribution < -0.4 is 5.32 Å². The summed E-state index contributed by atoms with van der Waals surface area (Å²) in [6.07, 6.45) is 3.57. The summed E-state index contributed by atoms with van der Waals surface area (Å²) in [6.45, 7) is 3.90. The molecule has 1 aliphatic carbocycles. The summed E-state index contributed by atoms with van der Waals surface area (Å²) in [5.74, 6) is 0.899. The van der Waals surface area contributed by atoms with Gasteiger partial charge in [-0.1, -0.05) is 19.1 Å². The Morgan fingerprint density at radius 3 is 2.72 bits per heavy atom. The number of anilines is 1. The average molecular weight is 246 g/mol. The second-order valence-corrected chi connectivity index (χ2v) is 4.99. The lowest BCUT2D eigenvalue weighted by Gasteiger charge is -2.23. The molecule has 1 aliphatic rings. The predicted octanol–water partition coefficient (Wildman–Crippen LogP) is 2.99. The molecule has 0 heterocycles. The van der Waals surface area contributed by atoms with Crippen molar-refractivity contribution in [3.05, 3.63) is 29.8 Å². The number of para-hydroxylation sites is 1. The topological polar surface area (TPSA) is 32.3 Å². The molecule has 0 radical (unpaired) electrons. The molecule has 2 rings (SSSR count). The molecule has 1 N–H and O–H groups in total. The Hall–Kier alpha value is -1.51. The molecule has 1 aromatic rings. The van der Waals surface area contributed by atoms with Crippen LogP contribution in [0, 0.1) is 5.92 Å². The monoisotopic (exact) mass is 246 g/mol. The van der Waals surface area contributed by atoms with E-state index in [0.29, 0.717) is 0 Å². The van der Waals surface area contributed by atoms with Crippen LogP contribution in [-0.2, 0) is 0 Å². The predicted molar refractivity (Wildman–Crippen MR) is 74.9 cm³/mol. The van der Waals surface area contributed by atoms with Crippen LogP contribution in [0.1, 0.15) is 36.5 Å². The van der Waals surface area contributed by atoms with Crippen molar-refractivity contribution in [2.24, 2.45) is 5.92 Å². The van der Waals surface area contributed by atoms with E-state index in [0.717, 1.165) is 36.7 Å². The molecule has 1 saturated carbocycles. The largest absolute Gasteiger partial charge is 0.387 e. The van der Waals surface area contributed by atoms with Crippen molar-refractivity contribution in [1.82, 2.24) is 4.90 Å². The lowest BCUT2D eigenvalue weighted by molar-refractivity contribution is 0.0748. The van der Waals surface area contributed by atoms with Gasteiger partial charge in [0.25, 0.3) is 5.91 Å². The summed E-state index contributed by atoms with van der Waals surface area (Å²) >= 11 is 0. The molecule has 1 fully saturated rings. The molecule has 3 heteroatoms. The summed E-state index contributed by atoms with van der Waals surface area (Å²) in [5.41, 5.74) is 1.70. The summed E-state index contributed by atoms with van der Waals surface area (Å²) < 4.78 is 0. The Morgan fingerprint density at radius 1 is 1.39 bits per heavy atom. The molecule has 0 unspecified atom stereocenters. The summed E-state index contributed by atoms with van der Waals surface area (Å²) in [5, 5.41) is 3.09. The molecule has 0 aliphatic heterocycles. The summed E-state index contributed by atoms with van der Waals surface area (Å²) in [6, 6.07) is 7.74. The molecular weight excluding hydrogens is 224 g/mol. The first-order valence-corrected chi connectivity index (χ1v) is 6.82. The number of nitrogens with one attached hydrogen (secondary N) is 1. The quantitative estimate of drug-likeness (QED) is 0.837. The molecule has 0 saturated heterocycles. The molecule has 0 spiro atoms. The van der Waals surface area contributed by atoms with E-state index in [4.69, 9.17) is 0 Å². The van der Waals surface area contributed by atoms with E-state index >= 15 is 0 Å². The fourth-order valence-corrected chi connectivity index (χ4v) is 2.22. The van der Waals surface area contributed by atoms with Crippen molar-refractivity contribution < 1.29 is 4.79 Å². The number of nitrogens with zero attached hydrogens (tertiary/aromatic N) is 1. The van der Waals surface area contributed by atoms with Crippen LogP contribution in [0.25, 0.3) is 0 Å². The Kier molecular flexibility index (Phi) is 4.24. The van der Waals surface area contributed by atoms with E-state index < -0.39 is 0 Å². The number of carbonyl (C=O) groups excluding carboxylic acids is 1. The fourth-order valence-electron chi connectivity index (χ4n) is 2.22. The third-order valence-electron chi connectivity index (χ3n) is 3.38. The smallest absolute Gasteiger partial charge is 0.255 e. The third-order valence-corrected chi connectivity index (χ3v) is 3.38. The van der Waals surface area contributed by atoms with Gasteiger partial charge in [0.2, 0.25) is 0 Å². The van der Waals surface area contributed by atoms with E-state index in [1.165, 1.54) is 12.8 Å². The van der Waals surface area contributed by atoms with Crippen LogP contribution in [0.5, 0.6) is 0 Å². The van der Waals surface area contributed by atoms with Gasteiger partial charge in [-0.2, -0.15) is 0 Å². The van der Waals surface area contributed by atoms with Crippen molar-refractivity contribution >= 4 is 11.6 Å². The zero-order valence-electron chi connectivity index (χ0n) is 11.3. The average Bonchev–Trinajstić information content (AvgIpc) is 3.21. The highest BCUT2D eigenvalue weighted by molar-refractivity contribution is 5.99. The Bertz CT molecular complexity index is 413. The highest BCUT2D eigenvalue weighted by Gasteiger charge is 2.27. The van der Waals surface area contributed by atoms with Gasteiger partial charge >= 0.3 is 0 Å². The van der Waals surface area contributed by atoms with Gasteiger partial charge in [0.1, 0.15) is 0 Å². The SMILES string of the molecule is CCCN(CC1CC1)C(=O)c1ccccc1NC. The van der Waals surface area contributed by atoms with Gasteiger partial charge < -0.3 is 10.2 Å².